The molecule has 0 aliphatic carbocycles. The minimum Gasteiger partial charge on any atom is -0.465 e. The molecule has 0 fully saturated rings. The highest BCUT2D eigenvalue weighted by Gasteiger charge is 2.20. The maximum absolute atomic E-state index is 13.2. The predicted octanol–water partition coefficient (Wildman–Crippen LogP) is 3.35. The number of ether oxygens (including phenoxy) is 1. The Bertz CT molecular complexity index is 973. The van der Waals surface area contributed by atoms with Crippen LogP contribution in [0.4, 0.5) is 14.7 Å². The van der Waals surface area contributed by atoms with Crippen molar-refractivity contribution in [2.75, 3.05) is 12.8 Å². The molecule has 0 spiro atoms. The Morgan fingerprint density at radius 1 is 1.30 bits per heavy atom. The molecule has 3 rings (SSSR count). The number of nitrogen functional groups attached to an aromatic ring is 1. The molecule has 27 heavy (non-hydrogen) atoms. The van der Waals surface area contributed by atoms with E-state index < -0.39 is 12.5 Å². The fraction of sp³-hybridized carbons (Fsp3) is 0.176. The van der Waals surface area contributed by atoms with Gasteiger partial charge < -0.3 is 10.5 Å². The van der Waals surface area contributed by atoms with Crippen LogP contribution in [0.5, 0.6) is 0 Å². The normalized spacial score (nSPS) is 11.0. The summed E-state index contributed by atoms with van der Waals surface area (Å²) >= 11 is 5.89. The molecule has 0 saturated heterocycles. The predicted molar refractivity (Wildman–Crippen MR) is 94.5 cm³/mol. The molecular formula is C17H14ClF2N5O2. The van der Waals surface area contributed by atoms with Gasteiger partial charge in [0.1, 0.15) is 10.8 Å². The van der Waals surface area contributed by atoms with E-state index in [1.54, 1.807) is 24.3 Å². The summed E-state index contributed by atoms with van der Waals surface area (Å²) in [5.41, 5.74) is 7.31. The molecule has 0 radical (unpaired) electrons. The van der Waals surface area contributed by atoms with Crippen molar-refractivity contribution in [2.24, 2.45) is 0 Å². The standard InChI is InChI=1S/C17H14ClF2N5O2/c1-27-15(26)11-5-3-2-4-9(11)6-10-8-25(16(19)20)24-14(10)12-7-13(18)23-17(21)22-12/h2-5,7-8,16H,6H2,1H3,(H2,21,22,23). The molecule has 0 aliphatic rings. The molecule has 1 aromatic carbocycles. The van der Waals surface area contributed by atoms with Gasteiger partial charge in [0.2, 0.25) is 5.95 Å². The van der Waals surface area contributed by atoms with E-state index in [0.717, 1.165) is 0 Å². The molecule has 3 aromatic rings. The number of hydrogen-bond acceptors (Lipinski definition) is 6. The first-order valence-corrected chi connectivity index (χ1v) is 8.09. The summed E-state index contributed by atoms with van der Waals surface area (Å²) in [6.07, 6.45) is 1.34. The number of hydrogen-bond donors (Lipinski definition) is 1. The maximum Gasteiger partial charge on any atom is 0.338 e. The second kappa shape index (κ2) is 7.67. The van der Waals surface area contributed by atoms with E-state index in [1.165, 1.54) is 19.4 Å². The number of halogens is 3. The number of aromatic nitrogens is 4. The minimum absolute atomic E-state index is 0.0602. The Labute approximate surface area is 157 Å². The summed E-state index contributed by atoms with van der Waals surface area (Å²) < 4.78 is 31.6. The third-order valence-corrected chi connectivity index (χ3v) is 3.96. The first kappa shape index (κ1) is 18.7. The smallest absolute Gasteiger partial charge is 0.338 e. The Morgan fingerprint density at radius 3 is 2.70 bits per heavy atom. The van der Waals surface area contributed by atoms with Gasteiger partial charge in [0, 0.05) is 24.2 Å². The fourth-order valence-electron chi connectivity index (χ4n) is 2.62. The van der Waals surface area contributed by atoms with E-state index in [0.29, 0.717) is 21.4 Å². The summed E-state index contributed by atoms with van der Waals surface area (Å²) in [5.74, 6) is -0.632. The van der Waals surface area contributed by atoms with Crippen LogP contribution in [-0.2, 0) is 11.2 Å². The van der Waals surface area contributed by atoms with Crippen LogP contribution in [0.2, 0.25) is 5.15 Å². The lowest BCUT2D eigenvalue weighted by molar-refractivity contribution is 0.0566. The zero-order valence-electron chi connectivity index (χ0n) is 14.1. The van der Waals surface area contributed by atoms with Crippen LogP contribution in [0, 0.1) is 0 Å². The van der Waals surface area contributed by atoms with E-state index >= 15 is 0 Å². The van der Waals surface area contributed by atoms with Crippen LogP contribution in [0.3, 0.4) is 0 Å². The molecule has 10 heteroatoms. The number of carbonyl (C=O) groups is 1. The second-order valence-electron chi connectivity index (χ2n) is 5.52. The molecule has 2 N–H and O–H groups in total. The Morgan fingerprint density at radius 2 is 2.04 bits per heavy atom. The van der Waals surface area contributed by atoms with Gasteiger partial charge in [-0.25, -0.2) is 19.4 Å². The fourth-order valence-corrected chi connectivity index (χ4v) is 2.81. The number of nitrogens with zero attached hydrogens (tertiary/aromatic N) is 4. The second-order valence-corrected chi connectivity index (χ2v) is 5.91. The average molecular weight is 394 g/mol. The molecule has 2 heterocycles. The number of carbonyl (C=O) groups excluding carboxylic acids is 1. The molecule has 0 bridgehead atoms. The van der Waals surface area contributed by atoms with Gasteiger partial charge in [0.25, 0.3) is 0 Å². The molecule has 7 nitrogen and oxygen atoms in total. The van der Waals surface area contributed by atoms with E-state index in [9.17, 15) is 13.6 Å². The largest absolute Gasteiger partial charge is 0.465 e. The van der Waals surface area contributed by atoms with Crippen molar-refractivity contribution in [3.63, 3.8) is 0 Å². The summed E-state index contributed by atoms with van der Waals surface area (Å²) in [4.78, 5) is 19.7. The first-order valence-electron chi connectivity index (χ1n) is 7.72. The Hall–Kier alpha value is -3.07. The van der Waals surface area contributed by atoms with Crippen LogP contribution in [0.15, 0.2) is 36.5 Å². The van der Waals surface area contributed by atoms with E-state index in [-0.39, 0.29) is 28.9 Å². The molecule has 0 saturated carbocycles. The monoisotopic (exact) mass is 393 g/mol. The van der Waals surface area contributed by atoms with Gasteiger partial charge >= 0.3 is 12.5 Å². The van der Waals surface area contributed by atoms with Crippen molar-refractivity contribution in [3.8, 4) is 11.4 Å². The number of esters is 1. The van der Waals surface area contributed by atoms with Crippen LogP contribution in [-0.4, -0.2) is 32.8 Å². The van der Waals surface area contributed by atoms with E-state index in [2.05, 4.69) is 15.1 Å². The van der Waals surface area contributed by atoms with Gasteiger partial charge in [-0.3, -0.25) is 0 Å². The zero-order chi connectivity index (χ0) is 19.6. The van der Waals surface area contributed by atoms with Crippen molar-refractivity contribution in [1.82, 2.24) is 19.7 Å². The summed E-state index contributed by atoms with van der Waals surface area (Å²) in [6, 6.07) is 8.10. The van der Waals surface area contributed by atoms with Crippen LogP contribution >= 0.6 is 11.6 Å². The molecular weight excluding hydrogens is 380 g/mol. The van der Waals surface area contributed by atoms with Gasteiger partial charge in [-0.05, 0) is 11.6 Å². The van der Waals surface area contributed by atoms with E-state index in [4.69, 9.17) is 22.1 Å². The molecule has 0 aliphatic heterocycles. The summed E-state index contributed by atoms with van der Waals surface area (Å²) in [5, 5.41) is 3.96. The lowest BCUT2D eigenvalue weighted by Crippen LogP contribution is -2.06. The first-order chi connectivity index (χ1) is 12.9. The number of rotatable bonds is 5. The van der Waals surface area contributed by atoms with Crippen molar-refractivity contribution in [3.05, 3.63) is 58.4 Å². The molecule has 0 atom stereocenters. The highest BCUT2D eigenvalue weighted by molar-refractivity contribution is 6.29. The average Bonchev–Trinajstić information content (AvgIpc) is 3.05. The van der Waals surface area contributed by atoms with Gasteiger partial charge in [0.05, 0.1) is 18.4 Å². The SMILES string of the molecule is COC(=O)c1ccccc1Cc1cn(C(F)F)nc1-c1cc(Cl)nc(N)n1. The van der Waals surface area contributed by atoms with Gasteiger partial charge in [-0.2, -0.15) is 13.9 Å². The number of nitrogens with two attached hydrogens (primary N) is 1. The van der Waals surface area contributed by atoms with Gasteiger partial charge in [-0.15, -0.1) is 0 Å². The Balaban J connectivity index is 2.10. The summed E-state index contributed by atoms with van der Waals surface area (Å²) in [7, 11) is 1.27. The third-order valence-electron chi connectivity index (χ3n) is 3.77. The Kier molecular flexibility index (Phi) is 5.31. The van der Waals surface area contributed by atoms with Crippen LogP contribution in [0.25, 0.3) is 11.4 Å². The van der Waals surface area contributed by atoms with Crippen LogP contribution < -0.4 is 5.73 Å². The van der Waals surface area contributed by atoms with Crippen molar-refractivity contribution in [1.29, 1.82) is 0 Å². The molecule has 0 amide bonds. The van der Waals surface area contributed by atoms with E-state index in [1.807, 2.05) is 0 Å². The molecule has 0 unspecified atom stereocenters. The zero-order valence-corrected chi connectivity index (χ0v) is 14.8. The topological polar surface area (TPSA) is 95.9 Å². The third kappa shape index (κ3) is 4.03. The highest BCUT2D eigenvalue weighted by atomic mass is 35.5. The molecule has 140 valence electrons. The minimum atomic E-state index is -2.84. The van der Waals surface area contributed by atoms with Crippen molar-refractivity contribution >= 4 is 23.5 Å². The van der Waals surface area contributed by atoms with Gasteiger partial charge in [0.15, 0.2) is 0 Å². The van der Waals surface area contributed by atoms with Gasteiger partial charge in [-0.1, -0.05) is 29.8 Å². The maximum atomic E-state index is 13.2. The number of methoxy groups -OCH3 is 1. The quantitative estimate of drug-likeness (QED) is 0.527. The lowest BCUT2D eigenvalue weighted by atomic mass is 9.99. The highest BCUT2D eigenvalue weighted by Crippen LogP contribution is 2.28. The number of anilines is 1. The van der Waals surface area contributed by atoms with Crippen LogP contribution in [0.1, 0.15) is 28.0 Å². The summed E-state index contributed by atoms with van der Waals surface area (Å²) in [6.45, 7) is -2.84. The number of benzene rings is 1. The lowest BCUT2D eigenvalue weighted by Gasteiger charge is -2.08. The van der Waals surface area contributed by atoms with Crippen molar-refractivity contribution in [2.45, 2.75) is 13.0 Å². The van der Waals surface area contributed by atoms with Crippen molar-refractivity contribution < 1.29 is 18.3 Å². The molecule has 2 aromatic heterocycles. The number of alkyl halides is 2.